The van der Waals surface area contributed by atoms with E-state index in [9.17, 15) is 9.59 Å². The van der Waals surface area contributed by atoms with E-state index in [4.69, 9.17) is 10.5 Å². The Balaban J connectivity index is 0.000000831. The molecule has 1 aromatic rings. The molecule has 0 saturated heterocycles. The van der Waals surface area contributed by atoms with Crippen molar-refractivity contribution in [1.82, 2.24) is 10.2 Å². The number of fused-ring (bicyclic) bond motifs is 1. The van der Waals surface area contributed by atoms with Crippen molar-refractivity contribution in [2.75, 3.05) is 6.54 Å². The first-order valence-electron chi connectivity index (χ1n) is 14.8. The van der Waals surface area contributed by atoms with Gasteiger partial charge in [-0.2, -0.15) is 0 Å². The smallest absolute Gasteiger partial charge is 0.231 e. The third-order valence-electron chi connectivity index (χ3n) is 8.01. The number of nitrogens with two attached hydrogens (primary N) is 1. The quantitative estimate of drug-likeness (QED) is 0.295. The molecule has 226 valence electrons. The maximum absolute atomic E-state index is 13.2. The number of nitrogens with one attached hydrogen (secondary N) is 1. The number of terminal acetylenes is 1. The highest BCUT2D eigenvalue weighted by atomic mass is 16.5. The second-order valence-electron chi connectivity index (χ2n) is 11.1. The molecule has 7 nitrogen and oxygen atoms in total. The highest BCUT2D eigenvalue weighted by Gasteiger charge is 2.54. The van der Waals surface area contributed by atoms with Crippen LogP contribution in [0.4, 0.5) is 0 Å². The van der Waals surface area contributed by atoms with Crippen molar-refractivity contribution in [3.05, 3.63) is 54.6 Å². The average molecular weight is 565 g/mol. The van der Waals surface area contributed by atoms with E-state index in [0.29, 0.717) is 25.3 Å². The number of hydrogen-bond donors (Lipinski definition) is 2. The van der Waals surface area contributed by atoms with Crippen LogP contribution in [0.2, 0.25) is 0 Å². The Labute approximate surface area is 248 Å². The molecule has 2 aliphatic heterocycles. The van der Waals surface area contributed by atoms with Crippen LogP contribution in [0, 0.1) is 30.6 Å². The van der Waals surface area contributed by atoms with Gasteiger partial charge in [0.15, 0.2) is 5.96 Å². The molecule has 41 heavy (non-hydrogen) atoms. The van der Waals surface area contributed by atoms with E-state index in [-0.39, 0.29) is 46.7 Å². The first-order chi connectivity index (χ1) is 19.5. The van der Waals surface area contributed by atoms with Crippen LogP contribution in [-0.2, 0) is 9.59 Å². The van der Waals surface area contributed by atoms with Crippen LogP contribution in [0.25, 0.3) is 0 Å². The summed E-state index contributed by atoms with van der Waals surface area (Å²) >= 11 is 0. The van der Waals surface area contributed by atoms with Crippen LogP contribution >= 0.6 is 0 Å². The van der Waals surface area contributed by atoms with E-state index in [1.54, 1.807) is 11.0 Å². The Morgan fingerprint density at radius 2 is 1.85 bits per heavy atom. The van der Waals surface area contributed by atoms with E-state index in [1.807, 2.05) is 84.9 Å². The summed E-state index contributed by atoms with van der Waals surface area (Å²) in [6, 6.07) is 7.80. The van der Waals surface area contributed by atoms with Crippen molar-refractivity contribution >= 4 is 17.8 Å². The minimum absolute atomic E-state index is 0.0135. The molecule has 1 saturated carbocycles. The molecule has 4 rings (SSSR count). The lowest BCUT2D eigenvalue weighted by Crippen LogP contribution is -2.52. The van der Waals surface area contributed by atoms with E-state index < -0.39 is 0 Å². The Kier molecular flexibility index (Phi) is 13.9. The summed E-state index contributed by atoms with van der Waals surface area (Å²) in [6.45, 7) is 20.1. The summed E-state index contributed by atoms with van der Waals surface area (Å²) in [5.41, 5.74) is 6.50. The summed E-state index contributed by atoms with van der Waals surface area (Å²) in [4.78, 5) is 32.3. The Bertz CT molecular complexity index is 1100. The van der Waals surface area contributed by atoms with Gasteiger partial charge < -0.3 is 15.8 Å². The molecule has 3 aliphatic rings. The highest BCUT2D eigenvalue weighted by Crippen LogP contribution is 2.48. The second-order valence-corrected chi connectivity index (χ2v) is 11.1. The zero-order valence-electron chi connectivity index (χ0n) is 26.4. The van der Waals surface area contributed by atoms with E-state index in [0.717, 1.165) is 24.2 Å². The molecule has 3 N–H and O–H groups in total. The van der Waals surface area contributed by atoms with E-state index in [1.165, 1.54) is 0 Å². The van der Waals surface area contributed by atoms with Crippen molar-refractivity contribution in [1.29, 1.82) is 0 Å². The number of ether oxygens (including phenoxy) is 1. The van der Waals surface area contributed by atoms with Crippen LogP contribution in [0.3, 0.4) is 0 Å². The van der Waals surface area contributed by atoms with Crippen molar-refractivity contribution in [3.8, 4) is 18.6 Å². The zero-order valence-corrected chi connectivity index (χ0v) is 26.4. The van der Waals surface area contributed by atoms with Crippen molar-refractivity contribution < 1.29 is 14.3 Å². The molecule has 7 heteroatoms. The molecule has 0 bridgehead atoms. The molecule has 0 radical (unpaired) electrons. The lowest BCUT2D eigenvalue weighted by molar-refractivity contribution is -0.130. The number of para-hydroxylation sites is 1. The molecule has 4 atom stereocenters. The number of guanidine groups is 1. The number of nitrogens with zero attached hydrogens (tertiary/aromatic N) is 2. The highest BCUT2D eigenvalue weighted by molar-refractivity contribution is 5.99. The fourth-order valence-electron chi connectivity index (χ4n) is 5.51. The topological polar surface area (TPSA) is 97.0 Å². The first kappa shape index (κ1) is 35.5. The third kappa shape index (κ3) is 8.98. The number of rotatable bonds is 7. The molecule has 1 aromatic carbocycles. The third-order valence-corrected chi connectivity index (χ3v) is 8.01. The number of aliphatic imine (C=N–C) groups is 1. The second kappa shape index (κ2) is 16.0. The predicted octanol–water partition coefficient (Wildman–Crippen LogP) is 6.42. The van der Waals surface area contributed by atoms with Gasteiger partial charge in [0, 0.05) is 24.4 Å². The molecule has 0 spiro atoms. The Morgan fingerprint density at radius 1 is 1.24 bits per heavy atom. The van der Waals surface area contributed by atoms with Gasteiger partial charge in [-0.3, -0.25) is 14.5 Å². The van der Waals surface area contributed by atoms with Crippen molar-refractivity contribution in [3.63, 3.8) is 0 Å². The molecule has 1 aliphatic carbocycles. The maximum atomic E-state index is 13.2. The summed E-state index contributed by atoms with van der Waals surface area (Å²) in [5, 5.41) is 3.26. The first-order valence-corrected chi connectivity index (χ1v) is 14.8. The summed E-state index contributed by atoms with van der Waals surface area (Å²) in [6.07, 6.45) is 16.2. The van der Waals surface area contributed by atoms with Gasteiger partial charge >= 0.3 is 0 Å². The number of hydrogen-bond acceptors (Lipinski definition) is 5. The van der Waals surface area contributed by atoms with Crippen molar-refractivity contribution in [2.45, 2.75) is 98.3 Å². The van der Waals surface area contributed by atoms with Crippen LogP contribution in [0.5, 0.6) is 5.75 Å². The molecular weight excluding hydrogens is 512 g/mol. The summed E-state index contributed by atoms with van der Waals surface area (Å²) in [5.74, 6) is 1.33. The zero-order chi connectivity index (χ0) is 31.4. The summed E-state index contributed by atoms with van der Waals surface area (Å²) < 4.78 is 6.09. The number of amides is 2. The van der Waals surface area contributed by atoms with Crippen molar-refractivity contribution in [2.24, 2.45) is 28.5 Å². The van der Waals surface area contributed by atoms with Gasteiger partial charge in [-0.05, 0) is 51.5 Å². The van der Waals surface area contributed by atoms with E-state index >= 15 is 0 Å². The van der Waals surface area contributed by atoms with Crippen LogP contribution < -0.4 is 15.8 Å². The SMILES string of the molecule is C#C.C=C/C=C\C.CC.CCC1(CC)CC(=O)N(C[C@H]2C(C)C2C(=O)N[C@H]2CC(C)(C)Oc3ccccc32)C(N)=N1. The number of allylic oxidation sites excluding steroid dienone is 3. The predicted molar refractivity (Wildman–Crippen MR) is 170 cm³/mol. The largest absolute Gasteiger partial charge is 0.487 e. The Morgan fingerprint density at radius 3 is 2.37 bits per heavy atom. The molecule has 0 aromatic heterocycles. The Hall–Kier alpha value is -3.53. The molecule has 2 amide bonds. The molecule has 2 unspecified atom stereocenters. The van der Waals surface area contributed by atoms with E-state index in [2.05, 4.69) is 36.7 Å². The number of carbonyl (C=O) groups excluding carboxylic acids is 2. The van der Waals surface area contributed by atoms with Gasteiger partial charge in [0.05, 0.1) is 18.0 Å². The molecule has 1 fully saturated rings. The minimum atomic E-state index is -0.382. The number of benzene rings is 1. The van der Waals surface area contributed by atoms with Gasteiger partial charge in [0.1, 0.15) is 11.4 Å². The fourth-order valence-corrected chi connectivity index (χ4v) is 5.51. The molecular formula is C34H52N4O3. The van der Waals surface area contributed by atoms with Gasteiger partial charge in [-0.1, -0.05) is 77.6 Å². The standard InChI is InChI=1S/C25H36N4O3.C5H8.C2H6.C2H2/c1-6-25(7-2)13-20(30)29(23(26)28-25)14-17-15(3)21(17)22(31)27-18-12-24(4,5)32-19-11-9-8-10-16(18)19;1-3-5-4-2;2*1-2/h8-11,15,17-18,21H,6-7,12-14H2,1-5H3,(H2,26,28)(H,27,31);3-5H,1H2,2H3;1-2H3;1-2H/b;5-4-;;/t15?,17-,18-,21?;;;/m0.../s1. The van der Waals surface area contributed by atoms with Gasteiger partial charge in [0.25, 0.3) is 0 Å². The summed E-state index contributed by atoms with van der Waals surface area (Å²) in [7, 11) is 0. The monoisotopic (exact) mass is 564 g/mol. The van der Waals surface area contributed by atoms with Crippen LogP contribution in [0.1, 0.15) is 92.7 Å². The minimum Gasteiger partial charge on any atom is -0.487 e. The normalized spacial score (nSPS) is 24.8. The van der Waals surface area contributed by atoms with Crippen LogP contribution in [-0.4, -0.2) is 40.4 Å². The maximum Gasteiger partial charge on any atom is 0.231 e. The van der Waals surface area contributed by atoms with Gasteiger partial charge in [0.2, 0.25) is 11.8 Å². The van der Waals surface area contributed by atoms with Gasteiger partial charge in [-0.25, -0.2) is 4.99 Å². The van der Waals surface area contributed by atoms with Crippen LogP contribution in [0.15, 0.2) is 54.1 Å². The fraction of sp³-hybridized carbons (Fsp3) is 0.559. The van der Waals surface area contributed by atoms with Gasteiger partial charge in [-0.15, -0.1) is 12.8 Å². The number of carbonyl (C=O) groups is 2. The average Bonchev–Trinajstić information content (AvgIpc) is 3.61. The lowest BCUT2D eigenvalue weighted by atomic mass is 9.88. The lowest BCUT2D eigenvalue weighted by Gasteiger charge is -2.38. The molecule has 2 heterocycles.